The molecule has 0 unspecified atom stereocenters. The van der Waals surface area contributed by atoms with Crippen molar-refractivity contribution in [3.63, 3.8) is 0 Å². The normalized spacial score (nSPS) is 16.0. The van der Waals surface area contributed by atoms with Crippen molar-refractivity contribution < 1.29 is 16.7 Å². The Morgan fingerprint density at radius 2 is 1.60 bits per heavy atom. The summed E-state index contributed by atoms with van der Waals surface area (Å²) < 4.78 is 46.6. The highest BCUT2D eigenvalue weighted by molar-refractivity contribution is 7.87. The molecule has 0 heterocycles. The molecule has 0 amide bonds. The minimum Gasteiger partial charge on any atom is -0.207 e. The summed E-state index contributed by atoms with van der Waals surface area (Å²) in [6.07, 6.45) is 0. The van der Waals surface area contributed by atoms with E-state index in [4.69, 9.17) is 0 Å². The fourth-order valence-electron chi connectivity index (χ4n) is 1.28. The molecule has 0 radical (unpaired) electrons. The van der Waals surface area contributed by atoms with Gasteiger partial charge in [-0.2, -0.15) is 8.42 Å². The smallest absolute Gasteiger partial charge is 0.207 e. The van der Waals surface area contributed by atoms with Gasteiger partial charge in [0, 0.05) is 5.92 Å². The molecular weight excluding hydrogens is 222 g/mol. The quantitative estimate of drug-likeness (QED) is 0.753. The maximum atomic E-state index is 12.7. The molecule has 1 rings (SSSR count). The van der Waals surface area contributed by atoms with E-state index in [0.29, 0.717) is 5.56 Å². The van der Waals surface area contributed by atoms with E-state index in [-0.39, 0.29) is 0 Å². The van der Waals surface area contributed by atoms with Gasteiger partial charge in [-0.3, -0.25) is 0 Å². The van der Waals surface area contributed by atoms with Crippen LogP contribution in [-0.4, -0.2) is 13.7 Å². The maximum Gasteiger partial charge on any atom is 0.305 e. The second-order valence-electron chi connectivity index (χ2n) is 3.52. The average Bonchev–Trinajstić information content (AvgIpc) is 2.15. The van der Waals surface area contributed by atoms with Crippen molar-refractivity contribution in [2.45, 2.75) is 25.0 Å². The molecule has 0 fully saturated rings. The van der Waals surface area contributed by atoms with E-state index in [1.165, 1.54) is 31.2 Å². The zero-order valence-electron chi connectivity index (χ0n) is 8.44. The first-order valence-corrected chi connectivity index (χ1v) is 5.96. The first kappa shape index (κ1) is 12.1. The van der Waals surface area contributed by atoms with Gasteiger partial charge in [-0.25, -0.2) is 4.39 Å². The number of halogens is 2. The van der Waals surface area contributed by atoms with Crippen LogP contribution in [0.3, 0.4) is 0 Å². The summed E-state index contributed by atoms with van der Waals surface area (Å²) in [6, 6.07) is 5.37. The molecule has 0 aliphatic carbocycles. The zero-order valence-corrected chi connectivity index (χ0v) is 9.26. The third kappa shape index (κ3) is 2.99. The molecule has 0 bridgehead atoms. The molecule has 0 aromatic heterocycles. The van der Waals surface area contributed by atoms with Crippen molar-refractivity contribution in [2.24, 2.45) is 0 Å². The van der Waals surface area contributed by atoms with Crippen LogP contribution in [0.25, 0.3) is 0 Å². The van der Waals surface area contributed by atoms with Crippen LogP contribution in [0.2, 0.25) is 0 Å². The predicted octanol–water partition coefficient (Wildman–Crippen LogP) is 2.62. The molecule has 1 aromatic carbocycles. The molecular formula is C10H12F2O2S. The van der Waals surface area contributed by atoms with Crippen LogP contribution >= 0.6 is 0 Å². The highest BCUT2D eigenvalue weighted by Crippen LogP contribution is 2.24. The number of benzene rings is 1. The Hall–Kier alpha value is -0.970. The Labute approximate surface area is 88.1 Å². The Morgan fingerprint density at radius 1 is 1.13 bits per heavy atom. The summed E-state index contributed by atoms with van der Waals surface area (Å²) >= 11 is 0. The molecule has 15 heavy (non-hydrogen) atoms. The van der Waals surface area contributed by atoms with Crippen LogP contribution in [0.15, 0.2) is 24.3 Å². The maximum absolute atomic E-state index is 12.7. The minimum atomic E-state index is -4.55. The van der Waals surface area contributed by atoms with E-state index >= 15 is 0 Å². The first-order valence-electron chi connectivity index (χ1n) is 4.51. The first-order chi connectivity index (χ1) is 6.82. The van der Waals surface area contributed by atoms with Gasteiger partial charge in [0.15, 0.2) is 0 Å². The fraction of sp³-hybridized carbons (Fsp3) is 0.400. The molecule has 5 heteroatoms. The highest BCUT2D eigenvalue weighted by Gasteiger charge is 2.26. The van der Waals surface area contributed by atoms with E-state index in [9.17, 15) is 16.7 Å². The van der Waals surface area contributed by atoms with Gasteiger partial charge < -0.3 is 0 Å². The Balaban J connectivity index is 2.95. The topological polar surface area (TPSA) is 34.1 Å². The van der Waals surface area contributed by atoms with Crippen molar-refractivity contribution >= 4 is 10.2 Å². The molecule has 0 saturated carbocycles. The van der Waals surface area contributed by atoms with Crippen molar-refractivity contribution in [1.82, 2.24) is 0 Å². The SMILES string of the molecule is C[C@@H](c1ccc(F)cc1)[C@H](C)S(=O)(=O)F. The number of rotatable bonds is 3. The average molecular weight is 234 g/mol. The second kappa shape index (κ2) is 4.26. The van der Waals surface area contributed by atoms with Gasteiger partial charge in [0.25, 0.3) is 0 Å². The van der Waals surface area contributed by atoms with Crippen molar-refractivity contribution in [3.8, 4) is 0 Å². The predicted molar refractivity (Wildman–Crippen MR) is 54.3 cm³/mol. The van der Waals surface area contributed by atoms with Gasteiger partial charge in [-0.1, -0.05) is 19.1 Å². The Morgan fingerprint density at radius 3 is 2.00 bits per heavy atom. The van der Waals surface area contributed by atoms with Crippen molar-refractivity contribution in [1.29, 1.82) is 0 Å². The molecule has 84 valence electrons. The monoisotopic (exact) mass is 234 g/mol. The summed E-state index contributed by atoms with van der Waals surface area (Å²) in [5.41, 5.74) is 0.602. The van der Waals surface area contributed by atoms with Gasteiger partial charge >= 0.3 is 10.2 Å². The molecule has 2 nitrogen and oxygen atoms in total. The molecule has 2 atom stereocenters. The number of hydrogen-bond donors (Lipinski definition) is 0. The Kier molecular flexibility index (Phi) is 3.44. The van der Waals surface area contributed by atoms with Crippen LogP contribution in [0.5, 0.6) is 0 Å². The standard InChI is InChI=1S/C10H12F2O2S/c1-7(8(2)15(12,13)14)9-3-5-10(11)6-4-9/h3-8H,1-2H3/t7-,8+/m1/s1. The molecule has 0 spiro atoms. The summed E-state index contributed by atoms with van der Waals surface area (Å²) in [5.74, 6) is -0.901. The zero-order chi connectivity index (χ0) is 11.6. The van der Waals surface area contributed by atoms with Crippen LogP contribution in [-0.2, 0) is 10.2 Å². The van der Waals surface area contributed by atoms with Crippen molar-refractivity contribution in [2.75, 3.05) is 0 Å². The van der Waals surface area contributed by atoms with Crippen LogP contribution in [0.4, 0.5) is 8.28 Å². The van der Waals surface area contributed by atoms with Gasteiger partial charge in [-0.15, -0.1) is 3.89 Å². The van der Waals surface area contributed by atoms with E-state index in [1.807, 2.05) is 0 Å². The summed E-state index contributed by atoms with van der Waals surface area (Å²) in [6.45, 7) is 2.89. The minimum absolute atomic E-state index is 0.401. The van der Waals surface area contributed by atoms with Crippen LogP contribution in [0, 0.1) is 5.82 Å². The lowest BCUT2D eigenvalue weighted by molar-refractivity contribution is 0.525. The van der Waals surface area contributed by atoms with Gasteiger partial charge in [0.05, 0.1) is 5.25 Å². The lowest BCUT2D eigenvalue weighted by Gasteiger charge is -2.16. The molecule has 0 N–H and O–H groups in total. The largest absolute Gasteiger partial charge is 0.305 e. The molecule has 0 aliphatic heterocycles. The van der Waals surface area contributed by atoms with E-state index in [0.717, 1.165) is 0 Å². The van der Waals surface area contributed by atoms with Crippen LogP contribution in [0.1, 0.15) is 25.3 Å². The Bertz CT molecular complexity index is 425. The van der Waals surface area contributed by atoms with E-state index in [1.54, 1.807) is 6.92 Å². The fourth-order valence-corrected chi connectivity index (χ4v) is 1.93. The lowest BCUT2D eigenvalue weighted by atomic mass is 9.98. The third-order valence-corrected chi connectivity index (χ3v) is 3.84. The second-order valence-corrected chi connectivity index (χ2v) is 5.22. The van der Waals surface area contributed by atoms with Gasteiger partial charge in [0.1, 0.15) is 5.82 Å². The van der Waals surface area contributed by atoms with E-state index in [2.05, 4.69) is 0 Å². The van der Waals surface area contributed by atoms with Crippen LogP contribution < -0.4 is 0 Å². The molecule has 0 saturated heterocycles. The van der Waals surface area contributed by atoms with Gasteiger partial charge in [-0.05, 0) is 24.6 Å². The molecule has 0 aliphatic rings. The van der Waals surface area contributed by atoms with E-state index < -0.39 is 27.2 Å². The summed E-state index contributed by atoms with van der Waals surface area (Å²) in [4.78, 5) is 0. The summed E-state index contributed by atoms with van der Waals surface area (Å²) in [7, 11) is -4.55. The molecule has 1 aromatic rings. The lowest BCUT2D eigenvalue weighted by Crippen LogP contribution is -2.20. The third-order valence-electron chi connectivity index (χ3n) is 2.54. The van der Waals surface area contributed by atoms with Gasteiger partial charge in [0.2, 0.25) is 0 Å². The van der Waals surface area contributed by atoms with Crippen molar-refractivity contribution in [3.05, 3.63) is 35.6 Å². The highest BCUT2D eigenvalue weighted by atomic mass is 32.3. The number of hydrogen-bond acceptors (Lipinski definition) is 2. The summed E-state index contributed by atoms with van der Waals surface area (Å²) in [5, 5.41) is -1.12.